The molecule has 2 N–H and O–H groups in total. The van der Waals surface area contributed by atoms with Crippen LogP contribution in [0.3, 0.4) is 0 Å². The number of benzene rings is 1. The summed E-state index contributed by atoms with van der Waals surface area (Å²) in [5, 5.41) is 0.381. The monoisotopic (exact) mass is 193 g/mol. The lowest BCUT2D eigenvalue weighted by atomic mass is 10.3. The van der Waals surface area contributed by atoms with E-state index in [0.717, 1.165) is 5.75 Å². The minimum absolute atomic E-state index is 0.381. The molecule has 0 aliphatic carbocycles. The zero-order chi connectivity index (χ0) is 9.68. The molecule has 0 saturated carbocycles. The second-order valence-electron chi connectivity index (χ2n) is 2.62. The molecule has 0 radical (unpaired) electrons. The van der Waals surface area contributed by atoms with E-state index in [9.17, 15) is 0 Å². The van der Waals surface area contributed by atoms with E-state index in [0.29, 0.717) is 10.7 Å². The SMILES string of the molecule is CC(N)=CC(=S)Oc1ccccc1. The van der Waals surface area contributed by atoms with Crippen LogP contribution in [0.25, 0.3) is 0 Å². The van der Waals surface area contributed by atoms with Crippen molar-refractivity contribution in [3.05, 3.63) is 42.1 Å². The first-order valence-corrected chi connectivity index (χ1v) is 4.30. The highest BCUT2D eigenvalue weighted by atomic mass is 32.1. The Morgan fingerprint density at radius 3 is 2.54 bits per heavy atom. The molecule has 0 fully saturated rings. The van der Waals surface area contributed by atoms with Gasteiger partial charge in [-0.05, 0) is 31.3 Å². The Morgan fingerprint density at radius 1 is 1.38 bits per heavy atom. The van der Waals surface area contributed by atoms with Gasteiger partial charge in [-0.1, -0.05) is 18.2 Å². The first-order valence-electron chi connectivity index (χ1n) is 3.89. The Hall–Kier alpha value is -1.35. The number of hydrogen-bond donors (Lipinski definition) is 1. The van der Waals surface area contributed by atoms with Crippen molar-refractivity contribution in [3.63, 3.8) is 0 Å². The summed E-state index contributed by atoms with van der Waals surface area (Å²) in [5.41, 5.74) is 6.08. The molecular weight excluding hydrogens is 182 g/mol. The van der Waals surface area contributed by atoms with Gasteiger partial charge in [-0.25, -0.2) is 0 Å². The first-order chi connectivity index (χ1) is 6.18. The van der Waals surface area contributed by atoms with Crippen LogP contribution in [0.2, 0.25) is 0 Å². The van der Waals surface area contributed by atoms with E-state index in [-0.39, 0.29) is 0 Å². The van der Waals surface area contributed by atoms with Gasteiger partial charge in [0.05, 0.1) is 0 Å². The largest absolute Gasteiger partial charge is 0.446 e. The summed E-state index contributed by atoms with van der Waals surface area (Å²) in [6.07, 6.45) is 1.61. The molecule has 0 bridgehead atoms. The molecule has 0 spiro atoms. The molecule has 0 heterocycles. The average molecular weight is 193 g/mol. The van der Waals surface area contributed by atoms with Crippen molar-refractivity contribution in [3.8, 4) is 5.75 Å². The second kappa shape index (κ2) is 4.62. The van der Waals surface area contributed by atoms with E-state index in [4.69, 9.17) is 22.7 Å². The van der Waals surface area contributed by atoms with Gasteiger partial charge in [0.15, 0.2) is 5.05 Å². The molecule has 2 nitrogen and oxygen atoms in total. The van der Waals surface area contributed by atoms with Crippen molar-refractivity contribution in [2.24, 2.45) is 5.73 Å². The van der Waals surface area contributed by atoms with Gasteiger partial charge >= 0.3 is 0 Å². The van der Waals surface area contributed by atoms with Gasteiger partial charge in [0.25, 0.3) is 0 Å². The van der Waals surface area contributed by atoms with Crippen molar-refractivity contribution in [2.75, 3.05) is 0 Å². The number of thiocarbonyl (C=S) groups is 1. The zero-order valence-corrected chi connectivity index (χ0v) is 8.17. The van der Waals surface area contributed by atoms with E-state index in [2.05, 4.69) is 0 Å². The van der Waals surface area contributed by atoms with Crippen LogP contribution in [0.1, 0.15) is 6.92 Å². The van der Waals surface area contributed by atoms with Gasteiger partial charge in [-0.3, -0.25) is 0 Å². The number of hydrogen-bond acceptors (Lipinski definition) is 3. The van der Waals surface area contributed by atoms with Crippen LogP contribution < -0.4 is 10.5 Å². The van der Waals surface area contributed by atoms with E-state index in [1.54, 1.807) is 13.0 Å². The Bertz CT molecular complexity index is 315. The van der Waals surface area contributed by atoms with Gasteiger partial charge in [-0.2, -0.15) is 0 Å². The molecule has 1 aromatic rings. The van der Waals surface area contributed by atoms with E-state index < -0.39 is 0 Å². The zero-order valence-electron chi connectivity index (χ0n) is 7.36. The fraction of sp³-hybridized carbons (Fsp3) is 0.100. The Kier molecular flexibility index (Phi) is 3.46. The summed E-state index contributed by atoms with van der Waals surface area (Å²) < 4.78 is 5.30. The van der Waals surface area contributed by atoms with Crippen LogP contribution in [0.5, 0.6) is 5.75 Å². The molecule has 0 unspecified atom stereocenters. The minimum atomic E-state index is 0.381. The summed E-state index contributed by atoms with van der Waals surface area (Å²) in [4.78, 5) is 0. The second-order valence-corrected chi connectivity index (χ2v) is 3.02. The van der Waals surface area contributed by atoms with Crippen LogP contribution >= 0.6 is 12.2 Å². The van der Waals surface area contributed by atoms with Crippen molar-refractivity contribution < 1.29 is 4.74 Å². The molecule has 3 heteroatoms. The lowest BCUT2D eigenvalue weighted by Gasteiger charge is -2.02. The highest BCUT2D eigenvalue weighted by Gasteiger charge is 1.95. The molecule has 0 saturated heterocycles. The summed E-state index contributed by atoms with van der Waals surface area (Å²) >= 11 is 4.93. The number of rotatable bonds is 2. The highest BCUT2D eigenvalue weighted by molar-refractivity contribution is 7.80. The maximum absolute atomic E-state index is 5.44. The predicted molar refractivity (Wildman–Crippen MR) is 57.6 cm³/mol. The molecular formula is C10H11NOS. The van der Waals surface area contributed by atoms with Gasteiger partial charge in [0, 0.05) is 11.8 Å². The third-order valence-electron chi connectivity index (χ3n) is 1.31. The summed E-state index contributed by atoms with van der Waals surface area (Å²) in [7, 11) is 0. The molecule has 0 atom stereocenters. The van der Waals surface area contributed by atoms with Crippen molar-refractivity contribution in [1.29, 1.82) is 0 Å². The Labute approximate surface area is 83.0 Å². The van der Waals surface area contributed by atoms with Crippen LogP contribution in [-0.4, -0.2) is 5.05 Å². The summed E-state index contributed by atoms with van der Waals surface area (Å²) in [6.45, 7) is 1.76. The van der Waals surface area contributed by atoms with Gasteiger partial charge in [-0.15, -0.1) is 0 Å². The Morgan fingerprint density at radius 2 is 2.00 bits per heavy atom. The van der Waals surface area contributed by atoms with E-state index in [1.807, 2.05) is 30.3 Å². The maximum atomic E-state index is 5.44. The number of nitrogens with two attached hydrogens (primary N) is 1. The summed E-state index contributed by atoms with van der Waals surface area (Å²) in [5.74, 6) is 0.727. The molecule has 0 aromatic heterocycles. The first kappa shape index (κ1) is 9.74. The summed E-state index contributed by atoms with van der Waals surface area (Å²) in [6, 6.07) is 9.37. The van der Waals surface area contributed by atoms with Crippen molar-refractivity contribution >= 4 is 17.3 Å². The molecule has 0 amide bonds. The van der Waals surface area contributed by atoms with Crippen LogP contribution in [0, 0.1) is 0 Å². The Balaban J connectivity index is 2.61. The predicted octanol–water partition coefficient (Wildman–Crippen LogP) is 2.26. The van der Waals surface area contributed by atoms with Crippen LogP contribution in [0.15, 0.2) is 42.1 Å². The molecule has 68 valence electrons. The highest BCUT2D eigenvalue weighted by Crippen LogP contribution is 2.09. The van der Waals surface area contributed by atoms with Crippen LogP contribution in [-0.2, 0) is 0 Å². The third kappa shape index (κ3) is 3.71. The molecule has 0 aliphatic heterocycles. The number of ether oxygens (including phenoxy) is 1. The lowest BCUT2D eigenvalue weighted by Crippen LogP contribution is -2.04. The fourth-order valence-corrected chi connectivity index (χ4v) is 1.10. The molecule has 0 aliphatic rings. The standard InChI is InChI=1S/C10H11NOS/c1-8(11)7-10(13)12-9-5-3-2-4-6-9/h2-7H,11H2,1H3. The molecule has 13 heavy (non-hydrogen) atoms. The quantitative estimate of drug-likeness (QED) is 0.578. The normalized spacial score (nSPS) is 11.0. The van der Waals surface area contributed by atoms with E-state index in [1.165, 1.54) is 0 Å². The van der Waals surface area contributed by atoms with Crippen molar-refractivity contribution in [1.82, 2.24) is 0 Å². The van der Waals surface area contributed by atoms with Crippen molar-refractivity contribution in [2.45, 2.75) is 6.92 Å². The topological polar surface area (TPSA) is 35.2 Å². The van der Waals surface area contributed by atoms with Gasteiger partial charge in [0.1, 0.15) is 5.75 Å². The lowest BCUT2D eigenvalue weighted by molar-refractivity contribution is 0.569. The fourth-order valence-electron chi connectivity index (χ4n) is 0.820. The van der Waals surface area contributed by atoms with E-state index >= 15 is 0 Å². The molecule has 1 rings (SSSR count). The average Bonchev–Trinajstić information content (AvgIpc) is 2.04. The van der Waals surface area contributed by atoms with Gasteiger partial charge in [0.2, 0.25) is 0 Å². The number of para-hydroxylation sites is 1. The van der Waals surface area contributed by atoms with Crippen LogP contribution in [0.4, 0.5) is 0 Å². The maximum Gasteiger partial charge on any atom is 0.192 e. The van der Waals surface area contributed by atoms with Gasteiger partial charge < -0.3 is 10.5 Å². The molecule has 1 aromatic carbocycles. The number of allylic oxidation sites excluding steroid dienone is 1. The minimum Gasteiger partial charge on any atom is -0.446 e. The third-order valence-corrected chi connectivity index (χ3v) is 1.51. The smallest absolute Gasteiger partial charge is 0.192 e.